The second kappa shape index (κ2) is 4.48. The van der Waals surface area contributed by atoms with E-state index < -0.39 is 5.91 Å². The molecule has 6 nitrogen and oxygen atoms in total. The summed E-state index contributed by atoms with van der Waals surface area (Å²) >= 11 is 0. The Hall–Kier alpha value is -2.63. The van der Waals surface area contributed by atoms with E-state index in [0.29, 0.717) is 5.75 Å². The van der Waals surface area contributed by atoms with Gasteiger partial charge in [0, 0.05) is 0 Å². The molecule has 0 aliphatic rings. The molecule has 0 spiro atoms. The lowest BCUT2D eigenvalue weighted by Gasteiger charge is -2.07. The van der Waals surface area contributed by atoms with Crippen LogP contribution in [0.5, 0.6) is 11.6 Å². The summed E-state index contributed by atoms with van der Waals surface area (Å²) in [6, 6.07) is 6.60. The Kier molecular flexibility index (Phi) is 2.87. The molecule has 0 fully saturated rings. The van der Waals surface area contributed by atoms with Crippen molar-refractivity contribution in [1.29, 1.82) is 0 Å². The number of anilines is 1. The normalized spacial score (nSPS) is 9.88. The number of aromatic nitrogens is 2. The minimum Gasteiger partial charge on any atom is -0.437 e. The van der Waals surface area contributed by atoms with Crippen LogP contribution in [0, 0.1) is 0 Å². The van der Waals surface area contributed by atoms with Crippen LogP contribution in [-0.2, 0) is 0 Å². The standard InChI is InChI=1S/C11H10N4O2/c12-9-5-14-6-10(15-9)17-8-4-2-1-3-7(8)11(13)16/h1-6H,(H2,12,15)(H2,13,16). The number of amides is 1. The average Bonchev–Trinajstić information content (AvgIpc) is 2.29. The van der Waals surface area contributed by atoms with Crippen LogP contribution in [0.2, 0.25) is 0 Å². The van der Waals surface area contributed by atoms with Crippen LogP contribution in [-0.4, -0.2) is 15.9 Å². The van der Waals surface area contributed by atoms with Gasteiger partial charge in [-0.15, -0.1) is 0 Å². The first kappa shape index (κ1) is 10.9. The summed E-state index contributed by atoms with van der Waals surface area (Å²) in [7, 11) is 0. The molecule has 86 valence electrons. The molecule has 2 aromatic rings. The van der Waals surface area contributed by atoms with Gasteiger partial charge in [-0.2, -0.15) is 4.98 Å². The van der Waals surface area contributed by atoms with E-state index in [0.717, 1.165) is 0 Å². The predicted molar refractivity (Wildman–Crippen MR) is 61.5 cm³/mol. The molecule has 1 aromatic heterocycles. The zero-order chi connectivity index (χ0) is 12.3. The summed E-state index contributed by atoms with van der Waals surface area (Å²) in [4.78, 5) is 18.9. The summed E-state index contributed by atoms with van der Waals surface area (Å²) in [6.45, 7) is 0. The van der Waals surface area contributed by atoms with Crippen molar-refractivity contribution >= 4 is 11.7 Å². The second-order valence-corrected chi connectivity index (χ2v) is 3.24. The fourth-order valence-electron chi connectivity index (χ4n) is 1.28. The van der Waals surface area contributed by atoms with E-state index in [-0.39, 0.29) is 17.3 Å². The van der Waals surface area contributed by atoms with Gasteiger partial charge in [-0.3, -0.25) is 9.78 Å². The molecule has 1 aromatic carbocycles. The van der Waals surface area contributed by atoms with Crippen molar-refractivity contribution in [1.82, 2.24) is 9.97 Å². The second-order valence-electron chi connectivity index (χ2n) is 3.24. The number of carbonyl (C=O) groups excluding carboxylic acids is 1. The molecule has 0 aliphatic heterocycles. The first-order chi connectivity index (χ1) is 8.16. The Morgan fingerprint density at radius 2 is 2.00 bits per heavy atom. The zero-order valence-corrected chi connectivity index (χ0v) is 8.83. The molecule has 1 amide bonds. The smallest absolute Gasteiger partial charge is 0.252 e. The lowest BCUT2D eigenvalue weighted by molar-refractivity contribution is 0.0998. The van der Waals surface area contributed by atoms with Crippen LogP contribution in [0.15, 0.2) is 36.7 Å². The molecule has 2 rings (SSSR count). The third-order valence-corrected chi connectivity index (χ3v) is 2.00. The minimum atomic E-state index is -0.572. The molecule has 1 heterocycles. The van der Waals surface area contributed by atoms with E-state index in [1.807, 2.05) is 0 Å². The third kappa shape index (κ3) is 2.49. The van der Waals surface area contributed by atoms with E-state index in [1.54, 1.807) is 24.3 Å². The first-order valence-corrected chi connectivity index (χ1v) is 4.81. The number of carbonyl (C=O) groups is 1. The lowest BCUT2D eigenvalue weighted by atomic mass is 10.2. The number of primary amides is 1. The molecular weight excluding hydrogens is 220 g/mol. The number of hydrogen-bond donors (Lipinski definition) is 2. The highest BCUT2D eigenvalue weighted by Crippen LogP contribution is 2.23. The molecule has 17 heavy (non-hydrogen) atoms. The molecule has 0 saturated carbocycles. The molecule has 0 radical (unpaired) electrons. The van der Waals surface area contributed by atoms with Gasteiger partial charge in [-0.1, -0.05) is 12.1 Å². The zero-order valence-electron chi connectivity index (χ0n) is 8.83. The molecule has 6 heteroatoms. The highest BCUT2D eigenvalue weighted by Gasteiger charge is 2.09. The Morgan fingerprint density at radius 3 is 2.71 bits per heavy atom. The number of hydrogen-bond acceptors (Lipinski definition) is 5. The minimum absolute atomic E-state index is 0.207. The Labute approximate surface area is 97.2 Å². The van der Waals surface area contributed by atoms with Gasteiger partial charge in [-0.25, -0.2) is 0 Å². The molecule has 0 atom stereocenters. The molecule has 4 N–H and O–H groups in total. The summed E-state index contributed by atoms with van der Waals surface area (Å²) in [5, 5.41) is 0. The van der Waals surface area contributed by atoms with Crippen LogP contribution in [0.1, 0.15) is 10.4 Å². The van der Waals surface area contributed by atoms with Crippen LogP contribution < -0.4 is 16.2 Å². The molecule has 0 bridgehead atoms. The maximum atomic E-state index is 11.2. The van der Waals surface area contributed by atoms with Crippen molar-refractivity contribution < 1.29 is 9.53 Å². The lowest BCUT2D eigenvalue weighted by Crippen LogP contribution is -2.12. The van der Waals surface area contributed by atoms with Crippen molar-refractivity contribution in [3.8, 4) is 11.6 Å². The fraction of sp³-hybridized carbons (Fsp3) is 0. The van der Waals surface area contributed by atoms with Gasteiger partial charge in [-0.05, 0) is 12.1 Å². The summed E-state index contributed by atoms with van der Waals surface area (Å²) in [5.74, 6) is 0.190. The highest BCUT2D eigenvalue weighted by atomic mass is 16.5. The van der Waals surface area contributed by atoms with Gasteiger partial charge in [0.05, 0.1) is 18.0 Å². The summed E-state index contributed by atoms with van der Waals surface area (Å²) in [5.41, 5.74) is 11.0. The van der Waals surface area contributed by atoms with Gasteiger partial charge >= 0.3 is 0 Å². The number of benzene rings is 1. The maximum absolute atomic E-state index is 11.2. The number of rotatable bonds is 3. The maximum Gasteiger partial charge on any atom is 0.252 e. The first-order valence-electron chi connectivity index (χ1n) is 4.81. The van der Waals surface area contributed by atoms with E-state index in [2.05, 4.69) is 9.97 Å². The molecule has 0 aliphatic carbocycles. The topological polar surface area (TPSA) is 104 Å². The number of para-hydroxylation sites is 1. The highest BCUT2D eigenvalue weighted by molar-refractivity contribution is 5.95. The predicted octanol–water partition coefficient (Wildman–Crippen LogP) is 0.950. The van der Waals surface area contributed by atoms with Crippen LogP contribution in [0.3, 0.4) is 0 Å². The monoisotopic (exact) mass is 230 g/mol. The van der Waals surface area contributed by atoms with Crippen molar-refractivity contribution in [3.05, 3.63) is 42.2 Å². The van der Waals surface area contributed by atoms with Gasteiger partial charge in [0.15, 0.2) is 0 Å². The number of nitrogens with zero attached hydrogens (tertiary/aromatic N) is 2. The fourth-order valence-corrected chi connectivity index (χ4v) is 1.28. The molecule has 0 unspecified atom stereocenters. The van der Waals surface area contributed by atoms with Gasteiger partial charge < -0.3 is 16.2 Å². The summed E-state index contributed by atoms with van der Waals surface area (Å²) in [6.07, 6.45) is 2.79. The molecular formula is C11H10N4O2. The Morgan fingerprint density at radius 1 is 1.24 bits per heavy atom. The average molecular weight is 230 g/mol. The number of nitrogen functional groups attached to an aromatic ring is 1. The van der Waals surface area contributed by atoms with Gasteiger partial charge in [0.2, 0.25) is 5.88 Å². The van der Waals surface area contributed by atoms with Gasteiger partial charge in [0.25, 0.3) is 5.91 Å². The Balaban J connectivity index is 2.33. The van der Waals surface area contributed by atoms with Crippen molar-refractivity contribution in [2.75, 3.05) is 5.73 Å². The number of nitrogens with two attached hydrogens (primary N) is 2. The largest absolute Gasteiger partial charge is 0.437 e. The van der Waals surface area contributed by atoms with Crippen LogP contribution >= 0.6 is 0 Å². The SMILES string of the molecule is NC(=O)c1ccccc1Oc1cncc(N)n1. The Bertz CT molecular complexity index is 557. The van der Waals surface area contributed by atoms with E-state index in [4.69, 9.17) is 16.2 Å². The quantitative estimate of drug-likeness (QED) is 0.816. The van der Waals surface area contributed by atoms with Crippen molar-refractivity contribution in [3.63, 3.8) is 0 Å². The van der Waals surface area contributed by atoms with Crippen molar-refractivity contribution in [2.24, 2.45) is 5.73 Å². The summed E-state index contributed by atoms with van der Waals surface area (Å²) < 4.78 is 5.40. The van der Waals surface area contributed by atoms with E-state index in [9.17, 15) is 4.79 Å². The third-order valence-electron chi connectivity index (χ3n) is 2.00. The van der Waals surface area contributed by atoms with E-state index in [1.165, 1.54) is 12.4 Å². The van der Waals surface area contributed by atoms with Gasteiger partial charge in [0.1, 0.15) is 11.6 Å². The molecule has 0 saturated heterocycles. The van der Waals surface area contributed by atoms with Crippen LogP contribution in [0.25, 0.3) is 0 Å². The van der Waals surface area contributed by atoms with Crippen molar-refractivity contribution in [2.45, 2.75) is 0 Å². The number of ether oxygens (including phenoxy) is 1. The van der Waals surface area contributed by atoms with E-state index >= 15 is 0 Å². The van der Waals surface area contributed by atoms with Crippen LogP contribution in [0.4, 0.5) is 5.82 Å².